The molecule has 16 heteroatoms. The highest BCUT2D eigenvalue weighted by atomic mass is 16.7. The Morgan fingerprint density at radius 2 is 0.585 bits per heavy atom. The first-order chi connectivity index (χ1) is 25.1. The van der Waals surface area contributed by atoms with Gasteiger partial charge in [0.15, 0.2) is 0 Å². The molecule has 9 heterocycles. The highest BCUT2D eigenvalue weighted by Gasteiger charge is 2.51. The molecule has 9 rings (SSSR count). The molecule has 15 nitrogen and oxygen atoms in total. The van der Waals surface area contributed by atoms with Crippen LogP contribution in [0.2, 0.25) is 0 Å². The second-order valence-electron chi connectivity index (χ2n) is 13.8. The zero-order chi connectivity index (χ0) is 35.0. The zero-order valence-electron chi connectivity index (χ0n) is 29.8. The van der Waals surface area contributed by atoms with Crippen LogP contribution in [-0.4, -0.2) is 199 Å². The lowest BCUT2D eigenvalue weighted by atomic mass is 10.1. The summed E-state index contributed by atoms with van der Waals surface area (Å²) >= 11 is 0. The predicted octanol–water partition coefficient (Wildman–Crippen LogP) is 0.919. The van der Waals surface area contributed by atoms with Crippen molar-refractivity contribution in [3.8, 4) is 0 Å². The van der Waals surface area contributed by atoms with Crippen LogP contribution in [0.1, 0.15) is 8.85 Å². The lowest BCUT2D eigenvalue weighted by molar-refractivity contribution is -0.0541. The van der Waals surface area contributed by atoms with Crippen LogP contribution >= 0.6 is 0 Å². The third-order valence-corrected chi connectivity index (χ3v) is 9.87. The van der Waals surface area contributed by atoms with E-state index in [-0.39, 0.29) is 109 Å². The number of epoxide rings is 3. The molecule has 0 bridgehead atoms. The number of rotatable bonds is 18. The van der Waals surface area contributed by atoms with Crippen LogP contribution in [0.3, 0.4) is 0 Å². The fourth-order valence-electron chi connectivity index (χ4n) is 6.91. The molecule has 0 N–H and O–H groups in total. The van der Waals surface area contributed by atoms with Gasteiger partial charge in [0.05, 0.1) is 99.1 Å². The molecular formula is C37H60BO15. The standard InChI is InChI=1S/C12H18O6.C12H18O5.C12H18O4.CH4.B.H2/c1-7(13-1)3-15-9-5-17-12-10(6-18-11(9)12)16-4-8-2-14-8;1-2-3-13-9-6-16-12-10(7-17-11(9)12)15-5-8-4-14-8;1-3-5-13-9-7-15-12-10(14-6-4-2)8-16-11(9)12;;;/h7-12H,1-6H2;2,8-12H,1,3-7H2;3-4,9-12H,1-2,5-8H2;1H4;;1H/t7?,8?,9-,10?,11+,12+;8?,9-,10-,11+,12+;9-,10?,11+,12+;;;/m000.../s1/i;;;;;1+1. The molecule has 3 radical (unpaired) electrons. The number of hydrogen-bond donors (Lipinski definition) is 0. The molecule has 0 aromatic heterocycles. The molecule has 0 amide bonds. The molecule has 53 heavy (non-hydrogen) atoms. The Bertz CT molecular complexity index is 1060. The maximum absolute atomic E-state index is 5.77. The van der Waals surface area contributed by atoms with Gasteiger partial charge in [0.25, 0.3) is 0 Å². The van der Waals surface area contributed by atoms with E-state index < -0.39 is 0 Å². The van der Waals surface area contributed by atoms with E-state index in [1.165, 1.54) is 0 Å². The molecule has 301 valence electrons. The minimum atomic E-state index is -0.00485. The summed E-state index contributed by atoms with van der Waals surface area (Å²) in [6.45, 7) is 20.3. The second-order valence-corrected chi connectivity index (χ2v) is 13.8. The van der Waals surface area contributed by atoms with Gasteiger partial charge in [-0.1, -0.05) is 25.7 Å². The van der Waals surface area contributed by atoms with E-state index in [1.807, 2.05) is 0 Å². The van der Waals surface area contributed by atoms with Crippen LogP contribution in [0.5, 0.6) is 0 Å². The molecule has 9 fully saturated rings. The minimum absolute atomic E-state index is 0. The normalized spacial score (nSPS) is 42.0. The summed E-state index contributed by atoms with van der Waals surface area (Å²) in [6.07, 6.45) is 6.11. The van der Waals surface area contributed by atoms with Gasteiger partial charge in [0.1, 0.15) is 91.6 Å². The van der Waals surface area contributed by atoms with Gasteiger partial charge in [-0.3, -0.25) is 0 Å². The zero-order valence-corrected chi connectivity index (χ0v) is 29.8. The first-order valence-corrected chi connectivity index (χ1v) is 18.2. The smallest absolute Gasteiger partial charge is 0.115 e. The van der Waals surface area contributed by atoms with Crippen LogP contribution in [-0.2, 0) is 71.1 Å². The van der Waals surface area contributed by atoms with E-state index in [4.69, 9.17) is 71.1 Å². The molecule has 5 unspecified atom stereocenters. The molecule has 9 saturated heterocycles. The molecule has 0 aromatic carbocycles. The topological polar surface area (TPSA) is 148 Å². The fraction of sp³-hybridized carbons (Fsp3) is 0.838. The van der Waals surface area contributed by atoms with Crippen LogP contribution in [0, 0.1) is 0 Å². The van der Waals surface area contributed by atoms with E-state index in [0.717, 1.165) is 19.8 Å². The number of ether oxygens (including phenoxy) is 15. The minimum Gasteiger partial charge on any atom is -0.371 e. The molecule has 9 aliphatic heterocycles. The molecule has 0 saturated carbocycles. The largest absolute Gasteiger partial charge is 0.371 e. The third-order valence-electron chi connectivity index (χ3n) is 9.87. The Kier molecular flexibility index (Phi) is 17.2. The predicted molar refractivity (Wildman–Crippen MR) is 191 cm³/mol. The quantitative estimate of drug-likeness (QED) is 0.111. The summed E-state index contributed by atoms with van der Waals surface area (Å²) in [5.41, 5.74) is 0. The molecule has 0 aromatic rings. The average molecular weight is 757 g/mol. The first kappa shape index (κ1) is 42.8. The Hall–Kier alpha value is -1.32. The van der Waals surface area contributed by atoms with Gasteiger partial charge in [0, 0.05) is 9.84 Å². The van der Waals surface area contributed by atoms with E-state index in [9.17, 15) is 0 Å². The van der Waals surface area contributed by atoms with Gasteiger partial charge in [-0.15, -0.1) is 19.7 Å². The van der Waals surface area contributed by atoms with Crippen molar-refractivity contribution < 1.29 is 72.5 Å². The molecule has 0 aliphatic carbocycles. The van der Waals surface area contributed by atoms with Crippen molar-refractivity contribution >= 4 is 8.41 Å². The number of hydrogen-bond acceptors (Lipinski definition) is 15. The van der Waals surface area contributed by atoms with Crippen molar-refractivity contribution in [2.75, 3.05) is 99.1 Å². The van der Waals surface area contributed by atoms with E-state index in [0.29, 0.717) is 79.3 Å². The van der Waals surface area contributed by atoms with Gasteiger partial charge in [-0.2, -0.15) is 0 Å². The number of fused-ring (bicyclic) bond motifs is 3. The van der Waals surface area contributed by atoms with Crippen molar-refractivity contribution in [3.05, 3.63) is 38.0 Å². The maximum Gasteiger partial charge on any atom is 0.115 e. The van der Waals surface area contributed by atoms with Crippen LogP contribution in [0.4, 0.5) is 0 Å². The van der Waals surface area contributed by atoms with E-state index in [1.54, 1.807) is 18.2 Å². The van der Waals surface area contributed by atoms with Crippen molar-refractivity contribution in [2.45, 2.75) is 99.0 Å². The van der Waals surface area contributed by atoms with Gasteiger partial charge >= 0.3 is 0 Å². The Morgan fingerprint density at radius 1 is 0.377 bits per heavy atom. The molecule has 15 atom stereocenters. The highest BCUT2D eigenvalue weighted by Crippen LogP contribution is 2.33. The fourth-order valence-corrected chi connectivity index (χ4v) is 6.91. The second kappa shape index (κ2) is 21.3. The van der Waals surface area contributed by atoms with Crippen molar-refractivity contribution in [3.63, 3.8) is 0 Å². The molecule has 9 aliphatic rings. The highest BCUT2D eigenvalue weighted by molar-refractivity contribution is 5.75. The van der Waals surface area contributed by atoms with Crippen molar-refractivity contribution in [1.82, 2.24) is 0 Å². The van der Waals surface area contributed by atoms with Gasteiger partial charge < -0.3 is 71.1 Å². The van der Waals surface area contributed by atoms with Crippen molar-refractivity contribution in [2.24, 2.45) is 0 Å². The van der Waals surface area contributed by atoms with Gasteiger partial charge in [0.2, 0.25) is 0 Å². The lowest BCUT2D eigenvalue weighted by Gasteiger charge is -2.16. The van der Waals surface area contributed by atoms with Gasteiger partial charge in [-0.25, -0.2) is 0 Å². The summed E-state index contributed by atoms with van der Waals surface area (Å²) in [5, 5.41) is 0. The summed E-state index contributed by atoms with van der Waals surface area (Å²) in [7, 11) is 0. The Morgan fingerprint density at radius 3 is 0.774 bits per heavy atom. The summed E-state index contributed by atoms with van der Waals surface area (Å²) in [4.78, 5) is 0. The van der Waals surface area contributed by atoms with Crippen molar-refractivity contribution in [1.29, 1.82) is 0 Å². The Labute approximate surface area is 316 Å². The molecular weight excluding hydrogens is 695 g/mol. The van der Waals surface area contributed by atoms with Crippen LogP contribution in [0.15, 0.2) is 38.0 Å². The lowest BCUT2D eigenvalue weighted by Crippen LogP contribution is -2.35. The van der Waals surface area contributed by atoms with Crippen LogP contribution < -0.4 is 0 Å². The monoisotopic (exact) mass is 756 g/mol. The maximum atomic E-state index is 5.77. The van der Waals surface area contributed by atoms with E-state index in [2.05, 4.69) is 19.7 Å². The Balaban J connectivity index is 0.000000176. The van der Waals surface area contributed by atoms with E-state index >= 15 is 0 Å². The summed E-state index contributed by atoms with van der Waals surface area (Å²) < 4.78 is 83.6. The summed E-state index contributed by atoms with van der Waals surface area (Å²) in [6, 6.07) is 0. The first-order valence-electron chi connectivity index (χ1n) is 18.2. The SMILES string of the molecule is C.C1OC1COC1CO[C@@H]2[C@@H](OCC3CO3)CO[C@H]12.C=CCOC1CO[C@@H]2[C@@H](OCC=C)CO[C@H]12.C=CCO[C@H]1CO[C@H]2[C@@H]1OC[C@@H]2OCC1CO1.[2HH].[B]. The van der Waals surface area contributed by atoms with Crippen LogP contribution in [0.25, 0.3) is 0 Å². The third kappa shape index (κ3) is 11.9. The average Bonchev–Trinajstić information content (AvgIpc) is 4.09. The summed E-state index contributed by atoms with van der Waals surface area (Å²) in [5.74, 6) is 0. The molecule has 0 spiro atoms. The van der Waals surface area contributed by atoms with Gasteiger partial charge in [-0.05, 0) is 0 Å².